The first-order valence-corrected chi connectivity index (χ1v) is 4.99. The van der Waals surface area contributed by atoms with E-state index in [0.29, 0.717) is 0 Å². The van der Waals surface area contributed by atoms with Crippen molar-refractivity contribution in [2.24, 2.45) is 0 Å². The number of ether oxygens (including phenoxy) is 1. The highest BCUT2D eigenvalue weighted by molar-refractivity contribution is 5.68. The van der Waals surface area contributed by atoms with Gasteiger partial charge in [0.25, 0.3) is 0 Å². The van der Waals surface area contributed by atoms with Gasteiger partial charge < -0.3 is 20.3 Å². The highest BCUT2D eigenvalue weighted by Crippen LogP contribution is 2.08. The molecule has 0 spiro atoms. The average molecular weight is 219 g/mol. The molecule has 15 heavy (non-hydrogen) atoms. The van der Waals surface area contributed by atoms with E-state index >= 15 is 0 Å². The zero-order valence-corrected chi connectivity index (χ0v) is 9.94. The van der Waals surface area contributed by atoms with Crippen molar-refractivity contribution in [3.63, 3.8) is 0 Å². The van der Waals surface area contributed by atoms with E-state index in [4.69, 9.17) is 4.74 Å². The summed E-state index contributed by atoms with van der Waals surface area (Å²) in [6.45, 7) is 8.22. The van der Waals surface area contributed by atoms with Gasteiger partial charge in [-0.2, -0.15) is 0 Å². The molecule has 5 heteroatoms. The minimum atomic E-state index is -0.836. The Morgan fingerprint density at radius 1 is 1.20 bits per heavy atom. The number of amides is 1. The van der Waals surface area contributed by atoms with Gasteiger partial charge in [-0.25, -0.2) is 4.79 Å². The van der Waals surface area contributed by atoms with E-state index in [1.807, 2.05) is 0 Å². The lowest BCUT2D eigenvalue weighted by Crippen LogP contribution is -2.50. The molecule has 0 bridgehead atoms. The minimum Gasteiger partial charge on any atom is -0.444 e. The second-order valence-corrected chi connectivity index (χ2v) is 4.65. The zero-order valence-electron chi connectivity index (χ0n) is 9.94. The Balaban J connectivity index is 4.25. The summed E-state index contributed by atoms with van der Waals surface area (Å²) < 4.78 is 5.00. The summed E-state index contributed by atoms with van der Waals surface area (Å²) in [7, 11) is 0. The Kier molecular flexibility index (Phi) is 5.03. The van der Waals surface area contributed by atoms with E-state index in [2.05, 4.69) is 5.32 Å². The van der Waals surface area contributed by atoms with Crippen LogP contribution in [0.15, 0.2) is 0 Å². The third-order valence-electron chi connectivity index (χ3n) is 1.72. The lowest BCUT2D eigenvalue weighted by Gasteiger charge is -2.26. The van der Waals surface area contributed by atoms with Crippen LogP contribution in [-0.2, 0) is 4.74 Å². The SMILES string of the molecule is CC(O)C(NC(=O)OC(C)(C)C)C(C)O. The number of carbonyl (C=O) groups excluding carboxylic acids is 1. The molecule has 0 aliphatic rings. The van der Waals surface area contributed by atoms with Crippen molar-refractivity contribution in [1.29, 1.82) is 0 Å². The van der Waals surface area contributed by atoms with Crippen LogP contribution in [0.4, 0.5) is 4.79 Å². The van der Waals surface area contributed by atoms with E-state index < -0.39 is 29.9 Å². The molecule has 0 aromatic rings. The number of hydrogen-bond acceptors (Lipinski definition) is 4. The maximum Gasteiger partial charge on any atom is 0.408 e. The summed E-state index contributed by atoms with van der Waals surface area (Å²) in [6, 6.07) is -0.722. The van der Waals surface area contributed by atoms with Gasteiger partial charge in [0.2, 0.25) is 0 Å². The first-order valence-electron chi connectivity index (χ1n) is 4.99. The van der Waals surface area contributed by atoms with Gasteiger partial charge in [0.15, 0.2) is 0 Å². The molecule has 3 N–H and O–H groups in total. The van der Waals surface area contributed by atoms with Gasteiger partial charge in [0.05, 0.1) is 18.2 Å². The van der Waals surface area contributed by atoms with E-state index in [9.17, 15) is 15.0 Å². The molecule has 2 atom stereocenters. The number of alkyl carbamates (subject to hydrolysis) is 1. The van der Waals surface area contributed by atoms with Crippen molar-refractivity contribution in [2.75, 3.05) is 0 Å². The number of hydrogen-bond donors (Lipinski definition) is 3. The smallest absolute Gasteiger partial charge is 0.408 e. The van der Waals surface area contributed by atoms with E-state index in [1.54, 1.807) is 20.8 Å². The number of aliphatic hydroxyl groups is 2. The molecule has 0 heterocycles. The van der Waals surface area contributed by atoms with E-state index in [0.717, 1.165) is 0 Å². The molecule has 2 unspecified atom stereocenters. The molecule has 0 saturated carbocycles. The molecule has 0 saturated heterocycles. The van der Waals surface area contributed by atoms with Gasteiger partial charge in [0.1, 0.15) is 5.60 Å². The summed E-state index contributed by atoms with van der Waals surface area (Å²) in [5.74, 6) is 0. The maximum absolute atomic E-state index is 11.3. The van der Waals surface area contributed by atoms with Crippen molar-refractivity contribution < 1.29 is 19.7 Å². The standard InChI is InChI=1S/C10H21NO4/c1-6(12)8(7(2)13)11-9(14)15-10(3,4)5/h6-8,12-13H,1-5H3,(H,11,14). The zero-order chi connectivity index (χ0) is 12.2. The van der Waals surface area contributed by atoms with Gasteiger partial charge in [-0.15, -0.1) is 0 Å². The van der Waals surface area contributed by atoms with Gasteiger partial charge in [0, 0.05) is 0 Å². The summed E-state index contributed by atoms with van der Waals surface area (Å²) in [6.07, 6.45) is -2.32. The monoisotopic (exact) mass is 219 g/mol. The third kappa shape index (κ3) is 6.30. The molecule has 90 valence electrons. The Bertz CT molecular complexity index is 200. The van der Waals surface area contributed by atoms with Crippen molar-refractivity contribution in [1.82, 2.24) is 5.32 Å². The largest absolute Gasteiger partial charge is 0.444 e. The second kappa shape index (κ2) is 5.32. The number of aliphatic hydroxyl groups excluding tert-OH is 2. The predicted octanol–water partition coefficient (Wildman–Crippen LogP) is 0.641. The molecule has 0 radical (unpaired) electrons. The minimum absolute atomic E-state index is 0.591. The van der Waals surface area contributed by atoms with Crippen molar-refractivity contribution in [3.05, 3.63) is 0 Å². The number of carbonyl (C=O) groups is 1. The topological polar surface area (TPSA) is 78.8 Å². The molecule has 0 fully saturated rings. The number of rotatable bonds is 3. The molecule has 0 aromatic heterocycles. The average Bonchev–Trinajstić information content (AvgIpc) is 1.95. The Morgan fingerprint density at radius 2 is 1.60 bits per heavy atom. The Morgan fingerprint density at radius 3 is 1.87 bits per heavy atom. The summed E-state index contributed by atoms with van der Waals surface area (Å²) in [5, 5.41) is 21.0. The van der Waals surface area contributed by atoms with Gasteiger partial charge in [-0.1, -0.05) is 0 Å². The third-order valence-corrected chi connectivity index (χ3v) is 1.72. The fourth-order valence-corrected chi connectivity index (χ4v) is 1.09. The first kappa shape index (κ1) is 14.2. The lowest BCUT2D eigenvalue weighted by atomic mass is 10.1. The predicted molar refractivity (Wildman–Crippen MR) is 56.5 cm³/mol. The van der Waals surface area contributed by atoms with Crippen LogP contribution in [0.2, 0.25) is 0 Å². The van der Waals surface area contributed by atoms with Crippen LogP contribution < -0.4 is 5.32 Å². The quantitative estimate of drug-likeness (QED) is 0.651. The molecular weight excluding hydrogens is 198 g/mol. The molecule has 0 rings (SSSR count). The second-order valence-electron chi connectivity index (χ2n) is 4.65. The van der Waals surface area contributed by atoms with E-state index in [-0.39, 0.29) is 0 Å². The summed E-state index contributed by atoms with van der Waals surface area (Å²) >= 11 is 0. The number of nitrogens with one attached hydrogen (secondary N) is 1. The van der Waals surface area contributed by atoms with Crippen molar-refractivity contribution in [3.8, 4) is 0 Å². The molecule has 0 aliphatic heterocycles. The van der Waals surface area contributed by atoms with Gasteiger partial charge in [-0.3, -0.25) is 0 Å². The summed E-state index contributed by atoms with van der Waals surface area (Å²) in [4.78, 5) is 11.3. The van der Waals surface area contributed by atoms with Crippen LogP contribution in [0, 0.1) is 0 Å². The molecular formula is C10H21NO4. The fourth-order valence-electron chi connectivity index (χ4n) is 1.09. The fraction of sp³-hybridized carbons (Fsp3) is 0.900. The van der Waals surface area contributed by atoms with Crippen molar-refractivity contribution in [2.45, 2.75) is 58.5 Å². The Hall–Kier alpha value is -0.810. The first-order chi connectivity index (χ1) is 6.63. The van der Waals surface area contributed by atoms with Crippen LogP contribution in [-0.4, -0.2) is 40.2 Å². The Labute approximate surface area is 90.4 Å². The van der Waals surface area contributed by atoms with Gasteiger partial charge >= 0.3 is 6.09 Å². The van der Waals surface area contributed by atoms with Crippen LogP contribution in [0.3, 0.4) is 0 Å². The van der Waals surface area contributed by atoms with Crippen LogP contribution >= 0.6 is 0 Å². The van der Waals surface area contributed by atoms with Gasteiger partial charge in [-0.05, 0) is 34.6 Å². The van der Waals surface area contributed by atoms with Crippen LogP contribution in [0.25, 0.3) is 0 Å². The van der Waals surface area contributed by atoms with E-state index in [1.165, 1.54) is 13.8 Å². The molecule has 0 aliphatic carbocycles. The van der Waals surface area contributed by atoms with Crippen LogP contribution in [0.1, 0.15) is 34.6 Å². The van der Waals surface area contributed by atoms with Crippen LogP contribution in [0.5, 0.6) is 0 Å². The molecule has 1 amide bonds. The van der Waals surface area contributed by atoms with Crippen molar-refractivity contribution >= 4 is 6.09 Å². The normalized spacial score (nSPS) is 17.8. The highest BCUT2D eigenvalue weighted by atomic mass is 16.6. The molecule has 5 nitrogen and oxygen atoms in total. The summed E-state index contributed by atoms with van der Waals surface area (Å²) in [5.41, 5.74) is -0.591. The maximum atomic E-state index is 11.3. The molecule has 0 aromatic carbocycles. The highest BCUT2D eigenvalue weighted by Gasteiger charge is 2.25. The lowest BCUT2D eigenvalue weighted by molar-refractivity contribution is 0.0238.